The van der Waals surface area contributed by atoms with Crippen LogP contribution in [-0.4, -0.2) is 16.6 Å². The minimum Gasteiger partial charge on any atom is -0.489 e. The minimum atomic E-state index is -0.502. The number of aromatic nitrogens is 1. The number of benzene rings is 2. The zero-order chi connectivity index (χ0) is 20.2. The number of nitrogens with two attached hydrogens (primary N) is 1. The third-order valence-corrected chi connectivity index (χ3v) is 4.76. The van der Waals surface area contributed by atoms with Gasteiger partial charge in [0, 0.05) is 23.5 Å². The van der Waals surface area contributed by atoms with E-state index in [1.807, 2.05) is 48.5 Å². The molecule has 0 saturated heterocycles. The molecule has 4 rings (SSSR count). The van der Waals surface area contributed by atoms with Gasteiger partial charge in [-0.25, -0.2) is 0 Å². The Hall–Kier alpha value is -3.93. The molecule has 4 N–H and O–H groups in total. The van der Waals surface area contributed by atoms with E-state index in [9.17, 15) is 4.79 Å². The Labute approximate surface area is 168 Å². The molecule has 0 aliphatic carbocycles. The fraction of sp³-hybridized carbons (Fsp3) is 0.0870. The van der Waals surface area contributed by atoms with Gasteiger partial charge in [-0.1, -0.05) is 48.5 Å². The number of nitrogens with zero attached hydrogens (tertiary/aromatic N) is 1. The van der Waals surface area contributed by atoms with Crippen molar-refractivity contribution in [1.82, 2.24) is 10.3 Å². The van der Waals surface area contributed by atoms with Crippen molar-refractivity contribution in [2.75, 3.05) is 0 Å². The molecule has 29 heavy (non-hydrogen) atoms. The van der Waals surface area contributed by atoms with Crippen LogP contribution >= 0.6 is 0 Å². The Morgan fingerprint density at radius 1 is 1.10 bits per heavy atom. The van der Waals surface area contributed by atoms with Gasteiger partial charge in [0.15, 0.2) is 0 Å². The summed E-state index contributed by atoms with van der Waals surface area (Å²) in [5.41, 5.74) is 9.18. The Morgan fingerprint density at radius 2 is 1.93 bits per heavy atom. The number of carbonyl (C=O) groups is 1. The number of hydrogen-bond acceptors (Lipinski definition) is 5. The summed E-state index contributed by atoms with van der Waals surface area (Å²) in [4.78, 5) is 16.3. The van der Waals surface area contributed by atoms with E-state index in [1.165, 1.54) is 0 Å². The first-order valence-electron chi connectivity index (χ1n) is 9.20. The van der Waals surface area contributed by atoms with Crippen LogP contribution in [0.15, 0.2) is 90.4 Å². The van der Waals surface area contributed by atoms with Crippen molar-refractivity contribution in [3.63, 3.8) is 0 Å². The first-order chi connectivity index (χ1) is 14.1. The lowest BCUT2D eigenvalue weighted by Crippen LogP contribution is -2.24. The highest BCUT2D eigenvalue weighted by Crippen LogP contribution is 2.31. The van der Waals surface area contributed by atoms with Crippen molar-refractivity contribution in [3.8, 4) is 5.75 Å². The van der Waals surface area contributed by atoms with Crippen molar-refractivity contribution in [3.05, 3.63) is 107 Å². The summed E-state index contributed by atoms with van der Waals surface area (Å²) >= 11 is 0. The summed E-state index contributed by atoms with van der Waals surface area (Å²) in [6.07, 6.45) is 3.32. The molecule has 1 aliphatic heterocycles. The van der Waals surface area contributed by atoms with Crippen LogP contribution in [0.2, 0.25) is 0 Å². The number of pyridine rings is 1. The molecule has 1 amide bonds. The SMILES string of the molecule is N=C(C1=C(N)C(=O)NC1c1cccnc1)c1cccc(OCc2ccccc2)c1. The van der Waals surface area contributed by atoms with E-state index in [4.69, 9.17) is 15.9 Å². The summed E-state index contributed by atoms with van der Waals surface area (Å²) in [6.45, 7) is 0.431. The smallest absolute Gasteiger partial charge is 0.268 e. The molecule has 6 heteroatoms. The molecule has 0 radical (unpaired) electrons. The number of rotatable bonds is 6. The third-order valence-electron chi connectivity index (χ3n) is 4.76. The van der Waals surface area contributed by atoms with Gasteiger partial charge in [-0.3, -0.25) is 15.2 Å². The number of amides is 1. The number of ether oxygens (including phenoxy) is 1. The summed E-state index contributed by atoms with van der Waals surface area (Å²) in [7, 11) is 0. The lowest BCUT2D eigenvalue weighted by atomic mass is 9.93. The molecule has 1 atom stereocenters. The quantitative estimate of drug-likeness (QED) is 0.568. The van der Waals surface area contributed by atoms with Crippen molar-refractivity contribution in [2.24, 2.45) is 5.73 Å². The molecular weight excluding hydrogens is 364 g/mol. The van der Waals surface area contributed by atoms with E-state index in [2.05, 4.69) is 10.3 Å². The number of carbonyl (C=O) groups excluding carboxylic acids is 1. The molecule has 1 unspecified atom stereocenters. The third kappa shape index (κ3) is 3.87. The second-order valence-corrected chi connectivity index (χ2v) is 6.70. The summed E-state index contributed by atoms with van der Waals surface area (Å²) in [6, 6.07) is 20.3. The van der Waals surface area contributed by atoms with E-state index in [0.29, 0.717) is 23.5 Å². The Morgan fingerprint density at radius 3 is 2.69 bits per heavy atom. The van der Waals surface area contributed by atoms with Gasteiger partial charge in [0.05, 0.1) is 11.8 Å². The molecule has 0 fully saturated rings. The van der Waals surface area contributed by atoms with Crippen molar-refractivity contribution in [1.29, 1.82) is 5.41 Å². The van der Waals surface area contributed by atoms with Gasteiger partial charge in [-0.2, -0.15) is 0 Å². The van der Waals surface area contributed by atoms with Crippen LogP contribution in [0.25, 0.3) is 0 Å². The lowest BCUT2D eigenvalue weighted by molar-refractivity contribution is -0.117. The van der Waals surface area contributed by atoms with Gasteiger partial charge in [0.25, 0.3) is 5.91 Å². The van der Waals surface area contributed by atoms with E-state index in [1.54, 1.807) is 30.6 Å². The minimum absolute atomic E-state index is 0.0551. The van der Waals surface area contributed by atoms with Crippen LogP contribution in [0.1, 0.15) is 22.7 Å². The number of nitrogens with one attached hydrogen (secondary N) is 2. The standard InChI is InChI=1S/C23H20N4O2/c24-20(19-21(25)23(28)27-22(19)17-9-5-11-26-13-17)16-8-4-10-18(12-16)29-14-15-6-2-1-3-7-15/h1-13,22,24H,14,25H2,(H,27,28). The molecule has 1 aliphatic rings. The molecule has 2 heterocycles. The lowest BCUT2D eigenvalue weighted by Gasteiger charge is -2.17. The summed E-state index contributed by atoms with van der Waals surface area (Å²) in [5.74, 6) is 0.264. The largest absolute Gasteiger partial charge is 0.489 e. The molecular formula is C23H20N4O2. The summed E-state index contributed by atoms with van der Waals surface area (Å²) in [5, 5.41) is 11.5. The van der Waals surface area contributed by atoms with Crippen molar-refractivity contribution < 1.29 is 9.53 Å². The molecule has 0 bridgehead atoms. The van der Waals surface area contributed by atoms with Crippen LogP contribution in [0.5, 0.6) is 5.75 Å². The fourth-order valence-electron chi connectivity index (χ4n) is 3.27. The summed E-state index contributed by atoms with van der Waals surface area (Å²) < 4.78 is 5.87. The van der Waals surface area contributed by atoms with Crippen LogP contribution in [-0.2, 0) is 11.4 Å². The predicted molar refractivity (Wildman–Crippen MR) is 110 cm³/mol. The highest BCUT2D eigenvalue weighted by atomic mass is 16.5. The van der Waals surface area contributed by atoms with Gasteiger partial charge in [0.1, 0.15) is 18.1 Å². The highest BCUT2D eigenvalue weighted by molar-refractivity contribution is 6.18. The fourth-order valence-corrected chi connectivity index (χ4v) is 3.27. The zero-order valence-electron chi connectivity index (χ0n) is 15.6. The molecule has 0 saturated carbocycles. The van der Waals surface area contributed by atoms with Crippen LogP contribution < -0.4 is 15.8 Å². The molecule has 3 aromatic rings. The second-order valence-electron chi connectivity index (χ2n) is 6.70. The number of hydrogen-bond donors (Lipinski definition) is 3. The average molecular weight is 384 g/mol. The van der Waals surface area contributed by atoms with Crippen LogP contribution in [0, 0.1) is 5.41 Å². The van der Waals surface area contributed by atoms with Crippen LogP contribution in [0.4, 0.5) is 0 Å². The van der Waals surface area contributed by atoms with Gasteiger partial charge < -0.3 is 15.8 Å². The molecule has 1 aromatic heterocycles. The van der Waals surface area contributed by atoms with E-state index in [-0.39, 0.29) is 17.3 Å². The zero-order valence-corrected chi connectivity index (χ0v) is 15.6. The highest BCUT2D eigenvalue weighted by Gasteiger charge is 2.34. The molecule has 144 valence electrons. The predicted octanol–water partition coefficient (Wildman–Crippen LogP) is 3.11. The molecule has 0 spiro atoms. The van der Waals surface area contributed by atoms with Crippen molar-refractivity contribution >= 4 is 11.6 Å². The Kier molecular flexibility index (Phi) is 5.07. The topological polar surface area (TPSA) is 101 Å². The molecule has 6 nitrogen and oxygen atoms in total. The molecule has 2 aromatic carbocycles. The van der Waals surface area contributed by atoms with Gasteiger partial charge >= 0.3 is 0 Å². The first kappa shape index (κ1) is 18.4. The Balaban J connectivity index is 1.59. The Bertz CT molecular complexity index is 1080. The maximum Gasteiger partial charge on any atom is 0.268 e. The second kappa shape index (κ2) is 7.98. The van der Waals surface area contributed by atoms with E-state index in [0.717, 1.165) is 11.1 Å². The van der Waals surface area contributed by atoms with Gasteiger partial charge in [-0.05, 0) is 29.3 Å². The van der Waals surface area contributed by atoms with E-state index < -0.39 is 6.04 Å². The van der Waals surface area contributed by atoms with Crippen molar-refractivity contribution in [2.45, 2.75) is 12.6 Å². The normalized spacial score (nSPS) is 15.9. The average Bonchev–Trinajstić information content (AvgIpc) is 3.08. The van der Waals surface area contributed by atoms with Crippen LogP contribution in [0.3, 0.4) is 0 Å². The first-order valence-corrected chi connectivity index (χ1v) is 9.20. The maximum absolute atomic E-state index is 12.2. The van der Waals surface area contributed by atoms with E-state index >= 15 is 0 Å². The monoisotopic (exact) mass is 384 g/mol. The maximum atomic E-state index is 12.2. The van der Waals surface area contributed by atoms with Gasteiger partial charge in [-0.15, -0.1) is 0 Å². The van der Waals surface area contributed by atoms with Gasteiger partial charge in [0.2, 0.25) is 0 Å².